The van der Waals surface area contributed by atoms with E-state index in [9.17, 15) is 9.18 Å². The van der Waals surface area contributed by atoms with Gasteiger partial charge in [-0.25, -0.2) is 4.39 Å². The first-order valence-corrected chi connectivity index (χ1v) is 7.97. The molecule has 5 heteroatoms. The molecule has 2 aromatic rings. The Hall–Kier alpha value is -1.88. The smallest absolute Gasteiger partial charge is 0.224 e. The highest BCUT2D eigenvalue weighted by atomic mass is 32.1. The van der Waals surface area contributed by atoms with Gasteiger partial charge in [0, 0.05) is 17.0 Å². The first kappa shape index (κ1) is 14.1. The first-order chi connectivity index (χ1) is 10.2. The average Bonchev–Trinajstić information content (AvgIpc) is 2.99. The van der Waals surface area contributed by atoms with Crippen LogP contribution in [0.5, 0.6) is 0 Å². The third-order valence-electron chi connectivity index (χ3n) is 3.71. The van der Waals surface area contributed by atoms with E-state index in [0.717, 1.165) is 17.7 Å². The lowest BCUT2D eigenvalue weighted by molar-refractivity contribution is -0.116. The fraction of sp³-hybridized carbons (Fsp3) is 0.312. The summed E-state index contributed by atoms with van der Waals surface area (Å²) in [6, 6.07) is 7.35. The van der Waals surface area contributed by atoms with Gasteiger partial charge in [0.25, 0.3) is 0 Å². The maximum atomic E-state index is 14.2. The second-order valence-corrected chi connectivity index (χ2v) is 6.14. The highest BCUT2D eigenvalue weighted by Crippen LogP contribution is 2.32. The molecule has 1 aliphatic rings. The molecule has 3 nitrogen and oxygen atoms in total. The minimum absolute atomic E-state index is 0.00893. The molecule has 1 aromatic heterocycles. The van der Waals surface area contributed by atoms with Crippen molar-refractivity contribution in [2.45, 2.75) is 32.2 Å². The van der Waals surface area contributed by atoms with Crippen LogP contribution < -0.4 is 10.6 Å². The van der Waals surface area contributed by atoms with Crippen molar-refractivity contribution in [1.82, 2.24) is 0 Å². The summed E-state index contributed by atoms with van der Waals surface area (Å²) in [4.78, 5) is 12.6. The summed E-state index contributed by atoms with van der Waals surface area (Å²) in [5, 5.41) is 8.08. The number of anilines is 2. The Kier molecular flexibility index (Phi) is 3.92. The number of aryl methyl sites for hydroxylation is 1. The number of fused-ring (bicyclic) bond motifs is 1. The summed E-state index contributed by atoms with van der Waals surface area (Å²) >= 11 is 1.66. The Bertz CT molecular complexity index is 655. The van der Waals surface area contributed by atoms with E-state index < -0.39 is 0 Å². The SMILES string of the molecule is CCC(Nc1cc2c(cc1F)CCC(=O)N2)c1cccs1. The van der Waals surface area contributed by atoms with Crippen molar-refractivity contribution in [2.75, 3.05) is 10.6 Å². The monoisotopic (exact) mass is 304 g/mol. The maximum absolute atomic E-state index is 14.2. The van der Waals surface area contributed by atoms with Crippen LogP contribution in [0.1, 0.15) is 36.2 Å². The number of hydrogen-bond acceptors (Lipinski definition) is 3. The van der Waals surface area contributed by atoms with Gasteiger partial charge in [0.15, 0.2) is 0 Å². The molecule has 2 N–H and O–H groups in total. The third-order valence-corrected chi connectivity index (χ3v) is 4.70. The minimum atomic E-state index is -0.264. The molecular formula is C16H17FN2OS. The molecular weight excluding hydrogens is 287 g/mol. The van der Waals surface area contributed by atoms with Gasteiger partial charge in [0.1, 0.15) is 5.82 Å². The molecule has 0 saturated carbocycles. The average molecular weight is 304 g/mol. The number of nitrogens with one attached hydrogen (secondary N) is 2. The number of rotatable bonds is 4. The molecule has 21 heavy (non-hydrogen) atoms. The Morgan fingerprint density at radius 1 is 1.43 bits per heavy atom. The molecule has 1 aliphatic heterocycles. The molecule has 0 fully saturated rings. The Morgan fingerprint density at radius 2 is 2.29 bits per heavy atom. The van der Waals surface area contributed by atoms with E-state index in [1.54, 1.807) is 17.4 Å². The van der Waals surface area contributed by atoms with Crippen LogP contribution in [0.3, 0.4) is 0 Å². The van der Waals surface area contributed by atoms with Crippen molar-refractivity contribution in [3.8, 4) is 0 Å². The summed E-state index contributed by atoms with van der Waals surface area (Å²) in [5.74, 6) is -0.273. The quantitative estimate of drug-likeness (QED) is 0.882. The van der Waals surface area contributed by atoms with Crippen molar-refractivity contribution in [1.29, 1.82) is 0 Å². The van der Waals surface area contributed by atoms with E-state index in [-0.39, 0.29) is 17.8 Å². The Morgan fingerprint density at radius 3 is 3.00 bits per heavy atom. The number of carbonyl (C=O) groups is 1. The van der Waals surface area contributed by atoms with E-state index >= 15 is 0 Å². The van der Waals surface area contributed by atoms with Crippen molar-refractivity contribution < 1.29 is 9.18 Å². The van der Waals surface area contributed by atoms with Crippen LogP contribution in [0, 0.1) is 5.82 Å². The second kappa shape index (κ2) is 5.85. The van der Waals surface area contributed by atoms with Gasteiger partial charge in [0.05, 0.1) is 11.7 Å². The van der Waals surface area contributed by atoms with E-state index in [1.807, 2.05) is 17.5 Å². The van der Waals surface area contributed by atoms with E-state index in [4.69, 9.17) is 0 Å². The van der Waals surface area contributed by atoms with Crippen LogP contribution in [0.2, 0.25) is 0 Å². The van der Waals surface area contributed by atoms with Gasteiger partial charge < -0.3 is 10.6 Å². The lowest BCUT2D eigenvalue weighted by atomic mass is 10.0. The highest BCUT2D eigenvalue weighted by molar-refractivity contribution is 7.10. The lowest BCUT2D eigenvalue weighted by Crippen LogP contribution is -2.20. The van der Waals surface area contributed by atoms with Crippen LogP contribution >= 0.6 is 11.3 Å². The van der Waals surface area contributed by atoms with Crippen LogP contribution in [-0.4, -0.2) is 5.91 Å². The van der Waals surface area contributed by atoms with E-state index in [2.05, 4.69) is 17.6 Å². The van der Waals surface area contributed by atoms with Crippen LogP contribution in [0.25, 0.3) is 0 Å². The number of thiophene rings is 1. The molecule has 3 rings (SSSR count). The first-order valence-electron chi connectivity index (χ1n) is 7.09. The fourth-order valence-corrected chi connectivity index (χ4v) is 3.42. The minimum Gasteiger partial charge on any atom is -0.375 e. The molecule has 1 aromatic carbocycles. The molecule has 2 heterocycles. The summed E-state index contributed by atoms with van der Waals surface area (Å²) < 4.78 is 14.2. The molecule has 0 aliphatic carbocycles. The van der Waals surface area contributed by atoms with Gasteiger partial charge in [-0.15, -0.1) is 11.3 Å². The molecule has 0 bridgehead atoms. The summed E-state index contributed by atoms with van der Waals surface area (Å²) in [5.41, 5.74) is 2.02. The zero-order chi connectivity index (χ0) is 14.8. The zero-order valence-corrected chi connectivity index (χ0v) is 12.6. The van der Waals surface area contributed by atoms with Gasteiger partial charge in [-0.3, -0.25) is 4.79 Å². The van der Waals surface area contributed by atoms with Gasteiger partial charge in [-0.1, -0.05) is 13.0 Å². The van der Waals surface area contributed by atoms with Gasteiger partial charge in [-0.05, 0) is 42.0 Å². The van der Waals surface area contributed by atoms with E-state index in [0.29, 0.717) is 18.5 Å². The molecule has 0 saturated heterocycles. The number of halogens is 1. The van der Waals surface area contributed by atoms with Crippen molar-refractivity contribution >= 4 is 28.6 Å². The number of carbonyl (C=O) groups excluding carboxylic acids is 1. The van der Waals surface area contributed by atoms with Crippen LogP contribution in [0.4, 0.5) is 15.8 Å². The number of benzene rings is 1. The van der Waals surface area contributed by atoms with Gasteiger partial charge in [0.2, 0.25) is 5.91 Å². The number of amides is 1. The van der Waals surface area contributed by atoms with Crippen molar-refractivity contribution in [3.05, 3.63) is 45.9 Å². The van der Waals surface area contributed by atoms with Crippen molar-refractivity contribution in [2.24, 2.45) is 0 Å². The molecule has 1 amide bonds. The Balaban J connectivity index is 1.88. The molecule has 1 atom stereocenters. The number of hydrogen-bond donors (Lipinski definition) is 2. The largest absolute Gasteiger partial charge is 0.375 e. The predicted molar refractivity (Wildman–Crippen MR) is 84.3 cm³/mol. The molecule has 110 valence electrons. The summed E-state index contributed by atoms with van der Waals surface area (Å²) in [6.45, 7) is 2.06. The van der Waals surface area contributed by atoms with Crippen LogP contribution in [0.15, 0.2) is 29.6 Å². The topological polar surface area (TPSA) is 41.1 Å². The van der Waals surface area contributed by atoms with Gasteiger partial charge in [-0.2, -0.15) is 0 Å². The zero-order valence-electron chi connectivity index (χ0n) is 11.8. The fourth-order valence-electron chi connectivity index (χ4n) is 2.56. The normalized spacial score (nSPS) is 15.2. The van der Waals surface area contributed by atoms with Crippen LogP contribution in [-0.2, 0) is 11.2 Å². The summed E-state index contributed by atoms with van der Waals surface area (Å²) in [6.07, 6.45) is 1.88. The summed E-state index contributed by atoms with van der Waals surface area (Å²) in [7, 11) is 0. The Labute approximate surface area is 127 Å². The van der Waals surface area contributed by atoms with Gasteiger partial charge >= 0.3 is 0 Å². The highest BCUT2D eigenvalue weighted by Gasteiger charge is 2.19. The third kappa shape index (κ3) is 2.93. The molecule has 1 unspecified atom stereocenters. The molecule has 0 spiro atoms. The second-order valence-electron chi connectivity index (χ2n) is 5.16. The van der Waals surface area contributed by atoms with E-state index in [1.165, 1.54) is 10.9 Å². The van der Waals surface area contributed by atoms with Crippen molar-refractivity contribution in [3.63, 3.8) is 0 Å². The lowest BCUT2D eigenvalue weighted by Gasteiger charge is -2.21. The standard InChI is InChI=1S/C16H17FN2OS/c1-2-12(15-4-3-7-21-15)18-14-9-13-10(8-11(14)17)5-6-16(20)19-13/h3-4,7-9,12,18H,2,5-6H2,1H3,(H,19,20). The predicted octanol–water partition coefficient (Wildman–Crippen LogP) is 4.34. The maximum Gasteiger partial charge on any atom is 0.224 e. The molecule has 0 radical (unpaired) electrons.